The quantitative estimate of drug-likeness (QED) is 0.868. The summed E-state index contributed by atoms with van der Waals surface area (Å²) in [6, 6.07) is 11.9. The van der Waals surface area contributed by atoms with Gasteiger partial charge in [0, 0.05) is 18.8 Å². The van der Waals surface area contributed by atoms with Gasteiger partial charge in [-0.15, -0.1) is 0 Å². The number of aromatic nitrogens is 1. The van der Waals surface area contributed by atoms with E-state index in [0.717, 1.165) is 16.7 Å². The van der Waals surface area contributed by atoms with Crippen LogP contribution in [0.1, 0.15) is 12.6 Å². The lowest BCUT2D eigenvalue weighted by Crippen LogP contribution is -2.27. The molecule has 3 amide bonds. The first-order valence-electron chi connectivity index (χ1n) is 7.11. The molecule has 7 heteroatoms. The lowest BCUT2D eigenvalue weighted by molar-refractivity contribution is -0.114. The molecule has 1 aliphatic heterocycles. The number of hydrogen-bond acceptors (Lipinski definition) is 5. The van der Waals surface area contributed by atoms with Gasteiger partial charge in [-0.2, -0.15) is 0 Å². The van der Waals surface area contributed by atoms with Crippen LogP contribution in [0.5, 0.6) is 0 Å². The van der Waals surface area contributed by atoms with Crippen LogP contribution in [0.25, 0.3) is 6.08 Å². The van der Waals surface area contributed by atoms with Gasteiger partial charge in [0.05, 0.1) is 16.3 Å². The van der Waals surface area contributed by atoms with E-state index in [2.05, 4.69) is 10.3 Å². The van der Waals surface area contributed by atoms with Crippen LogP contribution in [0.15, 0.2) is 53.6 Å². The molecule has 3 rings (SSSR count). The summed E-state index contributed by atoms with van der Waals surface area (Å²) in [6.45, 7) is 1.41. The van der Waals surface area contributed by atoms with Crippen LogP contribution in [0, 0.1) is 0 Å². The van der Waals surface area contributed by atoms with Crippen molar-refractivity contribution in [1.82, 2.24) is 4.98 Å². The van der Waals surface area contributed by atoms with Crippen LogP contribution in [0.3, 0.4) is 0 Å². The van der Waals surface area contributed by atoms with Crippen LogP contribution >= 0.6 is 11.8 Å². The van der Waals surface area contributed by atoms with Crippen molar-refractivity contribution >= 4 is 46.3 Å². The largest absolute Gasteiger partial charge is 0.326 e. The Morgan fingerprint density at radius 3 is 2.54 bits per heavy atom. The van der Waals surface area contributed by atoms with Crippen molar-refractivity contribution in [2.45, 2.75) is 6.92 Å². The van der Waals surface area contributed by atoms with Gasteiger partial charge in [-0.1, -0.05) is 6.07 Å². The Hall–Kier alpha value is -2.93. The van der Waals surface area contributed by atoms with E-state index in [1.54, 1.807) is 48.7 Å². The molecule has 1 N–H and O–H groups in total. The molecular weight excluding hydrogens is 326 g/mol. The normalized spacial score (nSPS) is 15.9. The molecule has 0 saturated carbocycles. The Labute approximate surface area is 142 Å². The zero-order chi connectivity index (χ0) is 17.1. The zero-order valence-corrected chi connectivity index (χ0v) is 13.5. The fourth-order valence-electron chi connectivity index (χ4n) is 2.18. The molecule has 1 aromatic carbocycles. The minimum Gasteiger partial charge on any atom is -0.326 e. The molecule has 1 aromatic heterocycles. The van der Waals surface area contributed by atoms with Gasteiger partial charge in [-0.05, 0) is 54.2 Å². The number of imide groups is 1. The van der Waals surface area contributed by atoms with Gasteiger partial charge in [0.15, 0.2) is 0 Å². The third kappa shape index (κ3) is 3.36. The fraction of sp³-hybridized carbons (Fsp3) is 0.0588. The first-order valence-corrected chi connectivity index (χ1v) is 7.93. The number of benzene rings is 1. The van der Waals surface area contributed by atoms with Gasteiger partial charge in [0.2, 0.25) is 5.91 Å². The van der Waals surface area contributed by atoms with E-state index in [-0.39, 0.29) is 17.1 Å². The third-order valence-corrected chi connectivity index (χ3v) is 4.08. The van der Waals surface area contributed by atoms with E-state index in [1.807, 2.05) is 6.07 Å². The Bertz CT molecular complexity index is 832. The smallest absolute Gasteiger partial charge is 0.298 e. The molecule has 0 spiro atoms. The highest BCUT2D eigenvalue weighted by Crippen LogP contribution is 2.35. The van der Waals surface area contributed by atoms with Crippen LogP contribution < -0.4 is 10.2 Å². The SMILES string of the molecule is CC(=O)Nc1ccc(N2C(=O)S/C(=C\c3ccccn3)C2=O)cc1. The monoisotopic (exact) mass is 339 g/mol. The molecule has 120 valence electrons. The van der Waals surface area contributed by atoms with Crippen LogP contribution in [0.2, 0.25) is 0 Å². The molecule has 1 aliphatic rings. The van der Waals surface area contributed by atoms with Gasteiger partial charge in [0.25, 0.3) is 11.1 Å². The maximum atomic E-state index is 12.5. The molecule has 6 nitrogen and oxygen atoms in total. The van der Waals surface area contributed by atoms with E-state index >= 15 is 0 Å². The summed E-state index contributed by atoms with van der Waals surface area (Å²) >= 11 is 0.875. The Balaban J connectivity index is 1.84. The molecule has 2 aromatic rings. The highest BCUT2D eigenvalue weighted by atomic mass is 32.2. The maximum Gasteiger partial charge on any atom is 0.298 e. The number of rotatable bonds is 3. The molecule has 0 atom stereocenters. The van der Waals surface area contributed by atoms with Crippen molar-refractivity contribution in [2.24, 2.45) is 0 Å². The summed E-state index contributed by atoms with van der Waals surface area (Å²) in [5.41, 5.74) is 1.67. The van der Waals surface area contributed by atoms with Gasteiger partial charge in [0.1, 0.15) is 0 Å². The number of carbonyl (C=O) groups excluding carboxylic acids is 3. The molecule has 0 bridgehead atoms. The molecule has 24 heavy (non-hydrogen) atoms. The van der Waals surface area contributed by atoms with Crippen LogP contribution in [-0.4, -0.2) is 22.0 Å². The number of pyridine rings is 1. The third-order valence-electron chi connectivity index (χ3n) is 3.21. The Kier molecular flexibility index (Phi) is 4.43. The van der Waals surface area contributed by atoms with E-state index < -0.39 is 0 Å². The molecule has 1 fully saturated rings. The molecule has 0 radical (unpaired) electrons. The van der Waals surface area contributed by atoms with Gasteiger partial charge in [-0.25, -0.2) is 4.90 Å². The zero-order valence-electron chi connectivity index (χ0n) is 12.7. The summed E-state index contributed by atoms with van der Waals surface area (Å²) in [5.74, 6) is -0.574. The predicted molar refractivity (Wildman–Crippen MR) is 93.4 cm³/mol. The van der Waals surface area contributed by atoms with Crippen molar-refractivity contribution in [3.8, 4) is 0 Å². The second kappa shape index (κ2) is 6.67. The minimum absolute atomic E-state index is 0.188. The van der Waals surface area contributed by atoms with E-state index in [4.69, 9.17) is 0 Å². The van der Waals surface area contributed by atoms with Crippen molar-refractivity contribution < 1.29 is 14.4 Å². The second-order valence-electron chi connectivity index (χ2n) is 5.00. The van der Waals surface area contributed by atoms with Crippen molar-refractivity contribution in [3.05, 3.63) is 59.3 Å². The first-order chi connectivity index (χ1) is 11.5. The van der Waals surface area contributed by atoms with Gasteiger partial charge >= 0.3 is 0 Å². The number of carbonyl (C=O) groups is 3. The predicted octanol–water partition coefficient (Wildman–Crippen LogP) is 3.28. The van der Waals surface area contributed by atoms with Crippen molar-refractivity contribution in [1.29, 1.82) is 0 Å². The molecular formula is C17H13N3O3S. The topological polar surface area (TPSA) is 79.4 Å². The fourth-order valence-corrected chi connectivity index (χ4v) is 3.01. The Morgan fingerprint density at radius 1 is 1.17 bits per heavy atom. The minimum atomic E-state index is -0.386. The van der Waals surface area contributed by atoms with Gasteiger partial charge < -0.3 is 5.32 Å². The lowest BCUT2D eigenvalue weighted by Gasteiger charge is -2.13. The average Bonchev–Trinajstić information content (AvgIpc) is 2.83. The standard InChI is InChI=1S/C17H13N3O3S/c1-11(21)19-12-5-7-14(8-6-12)20-16(22)15(24-17(20)23)10-13-4-2-3-9-18-13/h2-10H,1H3,(H,19,21)/b15-10-. The number of amides is 3. The summed E-state index contributed by atoms with van der Waals surface area (Å²) < 4.78 is 0. The average molecular weight is 339 g/mol. The summed E-state index contributed by atoms with van der Waals surface area (Å²) in [4.78, 5) is 41.3. The van der Waals surface area contributed by atoms with Crippen molar-refractivity contribution in [3.63, 3.8) is 0 Å². The highest BCUT2D eigenvalue weighted by Gasteiger charge is 2.36. The van der Waals surface area contributed by atoms with Crippen molar-refractivity contribution in [2.75, 3.05) is 10.2 Å². The van der Waals surface area contributed by atoms with Gasteiger partial charge in [-0.3, -0.25) is 19.4 Å². The lowest BCUT2D eigenvalue weighted by atomic mass is 10.2. The highest BCUT2D eigenvalue weighted by molar-refractivity contribution is 8.19. The van der Waals surface area contributed by atoms with Crippen LogP contribution in [0.4, 0.5) is 16.2 Å². The summed E-state index contributed by atoms with van der Waals surface area (Å²) in [6.07, 6.45) is 3.22. The number of nitrogens with zero attached hydrogens (tertiary/aromatic N) is 2. The summed E-state index contributed by atoms with van der Waals surface area (Å²) in [7, 11) is 0. The first kappa shape index (κ1) is 15.9. The second-order valence-corrected chi connectivity index (χ2v) is 5.99. The molecule has 1 saturated heterocycles. The van der Waals surface area contributed by atoms with Crippen LogP contribution in [-0.2, 0) is 9.59 Å². The number of hydrogen-bond donors (Lipinski definition) is 1. The molecule has 2 heterocycles. The maximum absolute atomic E-state index is 12.5. The Morgan fingerprint density at radius 2 is 1.92 bits per heavy atom. The van der Waals surface area contributed by atoms with E-state index in [1.165, 1.54) is 6.92 Å². The molecule has 0 aliphatic carbocycles. The number of thioether (sulfide) groups is 1. The molecule has 0 unspecified atom stereocenters. The van der Waals surface area contributed by atoms with E-state index in [0.29, 0.717) is 22.0 Å². The number of nitrogens with one attached hydrogen (secondary N) is 1. The van der Waals surface area contributed by atoms with E-state index in [9.17, 15) is 14.4 Å². The number of anilines is 2. The summed E-state index contributed by atoms with van der Waals surface area (Å²) in [5, 5.41) is 2.27.